The van der Waals surface area contributed by atoms with Crippen LogP contribution in [-0.2, 0) is 13.6 Å². The van der Waals surface area contributed by atoms with Crippen LogP contribution in [0.15, 0.2) is 73.0 Å². The molecule has 2 rings (SSSR count). The van der Waals surface area contributed by atoms with Crippen LogP contribution in [0.5, 0.6) is 0 Å². The normalized spacial score (nSPS) is 13.8. The molecular weight excluding hydrogens is 597 g/mol. The van der Waals surface area contributed by atoms with Gasteiger partial charge >= 0.3 is 0 Å². The maximum atomic E-state index is 7.48. The van der Waals surface area contributed by atoms with Gasteiger partial charge in [-0.3, -0.25) is 0 Å². The van der Waals surface area contributed by atoms with Gasteiger partial charge in [-0.05, 0) is 52.5 Å². The summed E-state index contributed by atoms with van der Waals surface area (Å²) in [6.45, 7) is 21.8. The van der Waals surface area contributed by atoms with Crippen molar-refractivity contribution in [3.05, 3.63) is 73.0 Å². The van der Waals surface area contributed by atoms with E-state index in [2.05, 4.69) is 128 Å². The average molecular weight is 667 g/mol. The van der Waals surface area contributed by atoms with E-state index in [1.807, 2.05) is 6.26 Å². The first-order chi connectivity index (χ1) is 21.8. The van der Waals surface area contributed by atoms with Crippen molar-refractivity contribution in [3.63, 3.8) is 0 Å². The lowest BCUT2D eigenvalue weighted by molar-refractivity contribution is 0.0523. The second-order valence-electron chi connectivity index (χ2n) is 15.9. The van der Waals surface area contributed by atoms with Gasteiger partial charge in [-0.25, -0.2) is 0 Å². The molecule has 0 unspecified atom stereocenters. The van der Waals surface area contributed by atoms with Gasteiger partial charge in [-0.15, -0.1) is 0 Å². The zero-order valence-corrected chi connectivity index (χ0v) is 33.3. The van der Waals surface area contributed by atoms with E-state index in [-0.39, 0.29) is 16.2 Å². The van der Waals surface area contributed by atoms with Crippen LogP contribution in [0.1, 0.15) is 132 Å². The molecule has 0 fully saturated rings. The number of benzene rings is 2. The molecule has 3 nitrogen and oxygen atoms in total. The first-order valence-corrected chi connectivity index (χ1v) is 23.4. The Hall–Kier alpha value is -1.67. The van der Waals surface area contributed by atoms with Crippen molar-refractivity contribution in [2.45, 2.75) is 161 Å². The molecule has 0 heterocycles. The molecular formula is C41H70O3Si2. The smallest absolute Gasteiger partial charge is 0.261 e. The van der Waals surface area contributed by atoms with Crippen molar-refractivity contribution in [1.29, 1.82) is 0 Å². The van der Waals surface area contributed by atoms with E-state index in [1.165, 1.54) is 87.4 Å². The van der Waals surface area contributed by atoms with Gasteiger partial charge in [0.2, 0.25) is 0 Å². The Morgan fingerprint density at radius 2 is 1.07 bits per heavy atom. The average Bonchev–Trinajstić information content (AvgIpc) is 3.01. The third-order valence-corrected chi connectivity index (χ3v) is 19.5. The molecule has 0 amide bonds. The summed E-state index contributed by atoms with van der Waals surface area (Å²) in [5.74, 6) is 0. The quantitative estimate of drug-likeness (QED) is 0.0671. The van der Waals surface area contributed by atoms with Gasteiger partial charge in [-0.1, -0.05) is 180 Å². The Balaban J connectivity index is 2.03. The number of rotatable bonds is 23. The number of allylic oxidation sites excluding steroid dienone is 1. The van der Waals surface area contributed by atoms with Crippen molar-refractivity contribution in [2.75, 3.05) is 13.2 Å². The van der Waals surface area contributed by atoms with Gasteiger partial charge in [0.05, 0.1) is 12.9 Å². The molecule has 0 saturated carbocycles. The molecule has 0 N–H and O–H groups in total. The molecule has 0 aliphatic rings. The van der Waals surface area contributed by atoms with Crippen LogP contribution < -0.4 is 10.4 Å². The number of ether oxygens (including phenoxy) is 1. The Morgan fingerprint density at radius 3 is 1.50 bits per heavy atom. The molecule has 0 aromatic heterocycles. The standard InChI is InChI=1S/C41H70O3Si2/c1-10-11-12-13-14-15-16-17-18-19-20-21-22-29-34-42-35-37(36-43-45(8,9)40(2,3)4)44-46(41(5,6)7,38-30-25-23-26-31-38)39-32-27-24-28-33-39/h23-34,37H,10-22,35-36H2,1-9H3/b34-29-/t37-/m1/s1. The van der Waals surface area contributed by atoms with E-state index in [0.29, 0.717) is 13.2 Å². The monoisotopic (exact) mass is 666 g/mol. The van der Waals surface area contributed by atoms with E-state index in [4.69, 9.17) is 13.6 Å². The summed E-state index contributed by atoms with van der Waals surface area (Å²) in [4.78, 5) is 0. The summed E-state index contributed by atoms with van der Waals surface area (Å²) in [6, 6.07) is 21.8. The van der Waals surface area contributed by atoms with Crippen molar-refractivity contribution < 1.29 is 13.6 Å². The SMILES string of the molecule is CCCCCCCCCCCCCC/C=C\OC[C@H](CO[Si](C)(C)C(C)(C)C)O[Si](c1ccccc1)(c1ccccc1)C(C)(C)C. The molecule has 0 radical (unpaired) electrons. The Kier molecular flexibility index (Phi) is 18.2. The number of hydrogen-bond acceptors (Lipinski definition) is 3. The highest BCUT2D eigenvalue weighted by molar-refractivity contribution is 6.99. The molecule has 46 heavy (non-hydrogen) atoms. The Bertz CT molecular complexity index is 1030. The van der Waals surface area contributed by atoms with Crippen LogP contribution in [0.25, 0.3) is 0 Å². The van der Waals surface area contributed by atoms with Crippen LogP contribution in [0, 0.1) is 0 Å². The summed E-state index contributed by atoms with van der Waals surface area (Å²) in [5.41, 5.74) is 0. The molecule has 0 saturated heterocycles. The van der Waals surface area contributed by atoms with Crippen LogP contribution in [0.2, 0.25) is 23.2 Å². The van der Waals surface area contributed by atoms with Gasteiger partial charge < -0.3 is 13.6 Å². The Morgan fingerprint density at radius 1 is 0.609 bits per heavy atom. The molecule has 2 aromatic rings. The summed E-state index contributed by atoms with van der Waals surface area (Å²) < 4.78 is 20.5. The minimum Gasteiger partial charge on any atom is -0.499 e. The van der Waals surface area contributed by atoms with Gasteiger partial charge in [0.25, 0.3) is 8.32 Å². The van der Waals surface area contributed by atoms with E-state index in [9.17, 15) is 0 Å². The fraction of sp³-hybridized carbons (Fsp3) is 0.659. The third kappa shape index (κ3) is 13.4. The van der Waals surface area contributed by atoms with Gasteiger partial charge in [0.1, 0.15) is 12.7 Å². The topological polar surface area (TPSA) is 27.7 Å². The first-order valence-electron chi connectivity index (χ1n) is 18.5. The van der Waals surface area contributed by atoms with Crippen LogP contribution in [-0.4, -0.2) is 36.0 Å². The van der Waals surface area contributed by atoms with E-state index in [0.717, 1.165) is 6.42 Å². The van der Waals surface area contributed by atoms with E-state index in [1.54, 1.807) is 0 Å². The molecule has 260 valence electrons. The Labute approximate surface area is 287 Å². The predicted molar refractivity (Wildman–Crippen MR) is 206 cm³/mol. The van der Waals surface area contributed by atoms with Gasteiger partial charge in [0.15, 0.2) is 8.32 Å². The highest BCUT2D eigenvalue weighted by atomic mass is 28.4. The van der Waals surface area contributed by atoms with Crippen LogP contribution in [0.4, 0.5) is 0 Å². The zero-order chi connectivity index (χ0) is 33.9. The summed E-state index contributed by atoms with van der Waals surface area (Å²) in [6.07, 6.45) is 21.5. The molecule has 5 heteroatoms. The minimum absolute atomic E-state index is 0.102. The fourth-order valence-corrected chi connectivity index (χ4v) is 11.7. The number of hydrogen-bond donors (Lipinski definition) is 0. The summed E-state index contributed by atoms with van der Waals surface area (Å²) >= 11 is 0. The zero-order valence-electron chi connectivity index (χ0n) is 31.3. The third-order valence-electron chi connectivity index (χ3n) is 9.90. The van der Waals surface area contributed by atoms with E-state index < -0.39 is 16.6 Å². The van der Waals surface area contributed by atoms with Gasteiger partial charge in [0, 0.05) is 0 Å². The second kappa shape index (κ2) is 20.6. The summed E-state index contributed by atoms with van der Waals surface area (Å²) in [7, 11) is -4.71. The molecule has 2 aromatic carbocycles. The predicted octanol–water partition coefficient (Wildman–Crippen LogP) is 11.6. The summed E-state index contributed by atoms with van der Waals surface area (Å²) in [5, 5.41) is 2.60. The lowest BCUT2D eigenvalue weighted by atomic mass is 10.0. The van der Waals surface area contributed by atoms with E-state index >= 15 is 0 Å². The lowest BCUT2D eigenvalue weighted by Crippen LogP contribution is -2.68. The van der Waals surface area contributed by atoms with Crippen LogP contribution in [0.3, 0.4) is 0 Å². The highest BCUT2D eigenvalue weighted by Crippen LogP contribution is 2.39. The second-order valence-corrected chi connectivity index (χ2v) is 24.9. The molecule has 0 bridgehead atoms. The minimum atomic E-state index is -2.73. The maximum Gasteiger partial charge on any atom is 0.261 e. The lowest BCUT2D eigenvalue weighted by Gasteiger charge is -2.45. The number of unbranched alkanes of at least 4 members (excludes halogenated alkanes) is 12. The fourth-order valence-electron chi connectivity index (χ4n) is 5.98. The van der Waals surface area contributed by atoms with Crippen molar-refractivity contribution in [1.82, 2.24) is 0 Å². The molecule has 0 aliphatic heterocycles. The van der Waals surface area contributed by atoms with Crippen molar-refractivity contribution >= 4 is 27.0 Å². The maximum absolute atomic E-state index is 7.48. The van der Waals surface area contributed by atoms with Crippen molar-refractivity contribution in [2.24, 2.45) is 0 Å². The van der Waals surface area contributed by atoms with Crippen molar-refractivity contribution in [3.8, 4) is 0 Å². The molecule has 1 atom stereocenters. The molecule has 0 spiro atoms. The highest BCUT2D eigenvalue weighted by Gasteiger charge is 2.52. The molecule has 0 aliphatic carbocycles. The van der Waals surface area contributed by atoms with Crippen LogP contribution >= 0.6 is 0 Å². The largest absolute Gasteiger partial charge is 0.499 e. The first kappa shape index (κ1) is 40.5. The van der Waals surface area contributed by atoms with Gasteiger partial charge in [-0.2, -0.15) is 0 Å².